The Balaban J connectivity index is 1.51. The highest BCUT2D eigenvalue weighted by atomic mass is 32.1. The third-order valence-corrected chi connectivity index (χ3v) is 4.83. The molecule has 0 aliphatic rings. The van der Waals surface area contributed by atoms with Gasteiger partial charge in [0.2, 0.25) is 0 Å². The minimum atomic E-state index is -0.721. The maximum absolute atomic E-state index is 12.7. The van der Waals surface area contributed by atoms with E-state index in [9.17, 15) is 19.7 Å². The number of fused-ring (bicyclic) bond motifs is 1. The predicted molar refractivity (Wildman–Crippen MR) is 107 cm³/mol. The fourth-order valence-electron chi connectivity index (χ4n) is 2.67. The van der Waals surface area contributed by atoms with Crippen LogP contribution >= 0.6 is 11.3 Å². The van der Waals surface area contributed by atoms with Crippen molar-refractivity contribution in [3.63, 3.8) is 0 Å². The lowest BCUT2D eigenvalue weighted by Gasteiger charge is -2.09. The van der Waals surface area contributed by atoms with Gasteiger partial charge >= 0.3 is 11.0 Å². The first kappa shape index (κ1) is 19.2. The summed E-state index contributed by atoms with van der Waals surface area (Å²) in [7, 11) is 0. The monoisotopic (exact) mass is 424 g/mol. The summed E-state index contributed by atoms with van der Waals surface area (Å²) in [5, 5.41) is 13.4. The molecular weight excluding hydrogens is 412 g/mol. The summed E-state index contributed by atoms with van der Waals surface area (Å²) in [6.07, 6.45) is 2.53. The second-order valence-electron chi connectivity index (χ2n) is 5.93. The van der Waals surface area contributed by atoms with Gasteiger partial charge in [-0.15, -0.1) is 0 Å². The van der Waals surface area contributed by atoms with E-state index in [1.807, 2.05) is 0 Å². The van der Waals surface area contributed by atoms with Crippen molar-refractivity contribution in [2.75, 3.05) is 11.9 Å². The lowest BCUT2D eigenvalue weighted by molar-refractivity contribution is -0.380. The summed E-state index contributed by atoms with van der Waals surface area (Å²) in [6, 6.07) is 12.0. The number of hydrogen-bond acceptors (Lipinski definition) is 9. The molecule has 3 aromatic heterocycles. The number of rotatable bonds is 6. The molecule has 0 bridgehead atoms. The van der Waals surface area contributed by atoms with Crippen molar-refractivity contribution < 1.29 is 23.7 Å². The molecule has 0 radical (unpaired) electrons. The number of carbonyl (C=O) groups is 2. The van der Waals surface area contributed by atoms with Crippen molar-refractivity contribution in [3.8, 4) is 11.5 Å². The number of furan rings is 1. The Kier molecular flexibility index (Phi) is 5.18. The van der Waals surface area contributed by atoms with Crippen LogP contribution in [0.1, 0.15) is 10.4 Å². The van der Waals surface area contributed by atoms with Crippen molar-refractivity contribution >= 4 is 44.2 Å². The Labute approximate surface area is 172 Å². The van der Waals surface area contributed by atoms with E-state index >= 15 is 0 Å². The van der Waals surface area contributed by atoms with E-state index in [2.05, 4.69) is 15.3 Å². The van der Waals surface area contributed by atoms with Crippen LogP contribution in [0.5, 0.6) is 0 Å². The zero-order valence-corrected chi connectivity index (χ0v) is 15.9. The molecule has 4 rings (SSSR count). The van der Waals surface area contributed by atoms with Gasteiger partial charge in [0.15, 0.2) is 17.5 Å². The number of carbonyl (C=O) groups excluding carboxylic acids is 2. The van der Waals surface area contributed by atoms with Crippen LogP contribution in [-0.4, -0.2) is 33.4 Å². The summed E-state index contributed by atoms with van der Waals surface area (Å²) in [4.78, 5) is 43.0. The molecule has 0 saturated heterocycles. The maximum Gasteiger partial charge on any atom is 0.345 e. The number of hydrogen-bond donors (Lipinski definition) is 1. The van der Waals surface area contributed by atoms with E-state index in [1.165, 1.54) is 12.3 Å². The van der Waals surface area contributed by atoms with Gasteiger partial charge in [0, 0.05) is 5.39 Å². The van der Waals surface area contributed by atoms with E-state index < -0.39 is 23.4 Å². The van der Waals surface area contributed by atoms with Crippen LogP contribution < -0.4 is 5.32 Å². The summed E-state index contributed by atoms with van der Waals surface area (Å²) in [6.45, 7) is -0.584. The minimum absolute atomic E-state index is 0.0391. The van der Waals surface area contributed by atoms with Gasteiger partial charge < -0.3 is 9.15 Å². The highest BCUT2D eigenvalue weighted by molar-refractivity contribution is 7.18. The molecule has 0 aliphatic heterocycles. The first-order valence-corrected chi connectivity index (χ1v) is 9.34. The molecule has 4 aromatic rings. The minimum Gasteiger partial charge on any atom is -0.463 e. The Morgan fingerprint density at radius 2 is 2.07 bits per heavy atom. The maximum atomic E-state index is 12.7. The van der Waals surface area contributed by atoms with Crippen molar-refractivity contribution in [1.82, 2.24) is 9.97 Å². The van der Waals surface area contributed by atoms with Gasteiger partial charge in [-0.3, -0.25) is 20.2 Å². The number of nitrogens with one attached hydrogen (secondary N) is 1. The summed E-state index contributed by atoms with van der Waals surface area (Å²) < 4.78 is 10.5. The molecule has 150 valence electrons. The van der Waals surface area contributed by atoms with Crippen LogP contribution in [0.15, 0.2) is 59.3 Å². The molecule has 1 aromatic carbocycles. The highest BCUT2D eigenvalue weighted by Gasteiger charge is 2.18. The number of anilines is 1. The second-order valence-corrected chi connectivity index (χ2v) is 6.94. The molecule has 11 heteroatoms. The highest BCUT2D eigenvalue weighted by Crippen LogP contribution is 2.26. The summed E-state index contributed by atoms with van der Waals surface area (Å²) in [5.74, 6) is -0.906. The molecule has 0 aliphatic carbocycles. The lowest BCUT2D eigenvalue weighted by Crippen LogP contribution is -2.21. The molecule has 0 atom stereocenters. The van der Waals surface area contributed by atoms with Crippen LogP contribution in [0.25, 0.3) is 22.4 Å². The summed E-state index contributed by atoms with van der Waals surface area (Å²) in [5.41, 5.74) is 1.24. The van der Waals surface area contributed by atoms with E-state index in [0.29, 0.717) is 33.7 Å². The van der Waals surface area contributed by atoms with Crippen molar-refractivity contribution in [1.29, 1.82) is 0 Å². The average Bonchev–Trinajstić information content (AvgIpc) is 3.43. The molecule has 1 amide bonds. The summed E-state index contributed by atoms with van der Waals surface area (Å²) >= 11 is 0.701. The molecule has 0 saturated carbocycles. The number of nitro groups is 1. The molecular formula is C19H12N4O6S. The van der Waals surface area contributed by atoms with Gasteiger partial charge in [0.05, 0.1) is 22.3 Å². The molecule has 10 nitrogen and oxygen atoms in total. The van der Waals surface area contributed by atoms with Gasteiger partial charge in [0.25, 0.3) is 5.91 Å². The number of para-hydroxylation sites is 1. The number of nitrogens with zero attached hydrogens (tertiary/aromatic N) is 3. The van der Waals surface area contributed by atoms with Crippen LogP contribution in [0.3, 0.4) is 0 Å². The van der Waals surface area contributed by atoms with Crippen LogP contribution in [0.2, 0.25) is 0 Å². The average molecular weight is 424 g/mol. The Morgan fingerprint density at radius 3 is 2.80 bits per heavy atom. The van der Waals surface area contributed by atoms with Gasteiger partial charge in [0.1, 0.15) is 11.9 Å². The Bertz CT molecular complexity index is 1250. The molecule has 30 heavy (non-hydrogen) atoms. The molecule has 1 N–H and O–H groups in total. The lowest BCUT2D eigenvalue weighted by atomic mass is 10.1. The van der Waals surface area contributed by atoms with Crippen molar-refractivity contribution in [3.05, 3.63) is 70.6 Å². The van der Waals surface area contributed by atoms with E-state index in [4.69, 9.17) is 9.15 Å². The van der Waals surface area contributed by atoms with Crippen LogP contribution in [0.4, 0.5) is 10.1 Å². The Hall–Kier alpha value is -4.12. The normalized spacial score (nSPS) is 10.7. The number of esters is 1. The van der Waals surface area contributed by atoms with E-state index in [1.54, 1.807) is 36.4 Å². The zero-order valence-electron chi connectivity index (χ0n) is 15.1. The largest absolute Gasteiger partial charge is 0.463 e. The first-order valence-electron chi connectivity index (χ1n) is 8.52. The fraction of sp³-hybridized carbons (Fsp3) is 0.0526. The number of thiazole rings is 1. The quantitative estimate of drug-likeness (QED) is 0.281. The smallest absolute Gasteiger partial charge is 0.345 e. The van der Waals surface area contributed by atoms with Gasteiger partial charge in [-0.05, 0) is 35.6 Å². The van der Waals surface area contributed by atoms with Crippen LogP contribution in [-0.2, 0) is 9.53 Å². The molecule has 0 fully saturated rings. The Morgan fingerprint density at radius 1 is 1.23 bits per heavy atom. The second kappa shape index (κ2) is 8.09. The van der Waals surface area contributed by atoms with E-state index in [0.717, 1.165) is 6.20 Å². The van der Waals surface area contributed by atoms with Crippen LogP contribution in [0, 0.1) is 10.1 Å². The molecule has 0 unspecified atom stereocenters. The van der Waals surface area contributed by atoms with Crippen molar-refractivity contribution in [2.45, 2.75) is 0 Å². The fourth-order valence-corrected chi connectivity index (χ4v) is 3.32. The third-order valence-electron chi connectivity index (χ3n) is 3.96. The number of amides is 1. The zero-order chi connectivity index (χ0) is 21.1. The number of pyridine rings is 1. The third kappa shape index (κ3) is 4.00. The van der Waals surface area contributed by atoms with Gasteiger partial charge in [-0.1, -0.05) is 18.2 Å². The predicted octanol–water partition coefficient (Wildman–Crippen LogP) is 3.66. The van der Waals surface area contributed by atoms with Gasteiger partial charge in [-0.25, -0.2) is 14.8 Å². The van der Waals surface area contributed by atoms with E-state index in [-0.39, 0.29) is 15.7 Å². The van der Waals surface area contributed by atoms with Gasteiger partial charge in [-0.2, -0.15) is 0 Å². The first-order chi connectivity index (χ1) is 14.5. The topological polar surface area (TPSA) is 137 Å². The number of benzene rings is 1. The van der Waals surface area contributed by atoms with Crippen molar-refractivity contribution in [2.24, 2.45) is 0 Å². The molecule has 0 spiro atoms. The number of ether oxygens (including phenoxy) is 1. The molecule has 3 heterocycles. The number of aromatic nitrogens is 2. The SMILES string of the molecule is O=C(COC(=O)c1cc(-c2ccco2)nc2ccccc12)Nc1ncc([N+](=O)[O-])s1. The standard InChI is InChI=1S/C19H12N4O6S/c24-16(22-19-20-9-17(30-19)23(26)27)10-29-18(25)12-8-14(15-6-3-7-28-15)21-13-5-2-1-4-11(12)13/h1-9H,10H2,(H,20,22,24).